The topological polar surface area (TPSA) is 93.7 Å². The second kappa shape index (κ2) is 6.78. The fourth-order valence-electron chi connectivity index (χ4n) is 2.78. The van der Waals surface area contributed by atoms with Crippen molar-refractivity contribution in [1.29, 1.82) is 0 Å². The van der Waals surface area contributed by atoms with Gasteiger partial charge in [0.2, 0.25) is 5.91 Å². The molecule has 3 rings (SSSR count). The maximum atomic E-state index is 12.5. The molecule has 1 aromatic rings. The zero-order valence-corrected chi connectivity index (χ0v) is 12.5. The molecule has 2 heterocycles. The fourth-order valence-corrected chi connectivity index (χ4v) is 2.78. The molecular weight excluding hydrogens is 300 g/mol. The summed E-state index contributed by atoms with van der Waals surface area (Å²) in [6, 6.07) is 7.91. The number of rotatable bonds is 4. The standard InChI is InChI=1S/C16H18N2O5/c19-14(10-4-2-1-3-5-10)11-8-22-9-13(11)17-15(20)12-6-7-23-16(21)18-12/h1-5,11-13H,6-9H2,(H,17,20)(H,18,21)/t11-,12+,13-/m1/s1. The molecule has 1 aromatic carbocycles. The largest absolute Gasteiger partial charge is 0.449 e. The van der Waals surface area contributed by atoms with Gasteiger partial charge in [0.1, 0.15) is 6.04 Å². The van der Waals surface area contributed by atoms with Gasteiger partial charge in [-0.15, -0.1) is 0 Å². The highest BCUT2D eigenvalue weighted by molar-refractivity contribution is 5.99. The number of hydrogen-bond donors (Lipinski definition) is 2. The van der Waals surface area contributed by atoms with Crippen LogP contribution in [0.4, 0.5) is 4.79 Å². The van der Waals surface area contributed by atoms with Gasteiger partial charge in [-0.05, 0) is 0 Å². The number of hydrogen-bond acceptors (Lipinski definition) is 5. The van der Waals surface area contributed by atoms with E-state index in [0.29, 0.717) is 12.0 Å². The molecule has 0 aromatic heterocycles. The maximum absolute atomic E-state index is 12.5. The second-order valence-electron chi connectivity index (χ2n) is 5.61. The van der Waals surface area contributed by atoms with Crippen LogP contribution in [-0.2, 0) is 14.3 Å². The molecule has 2 N–H and O–H groups in total. The van der Waals surface area contributed by atoms with Crippen molar-refractivity contribution in [2.24, 2.45) is 5.92 Å². The average molecular weight is 318 g/mol. The molecular formula is C16H18N2O5. The van der Waals surface area contributed by atoms with E-state index in [1.165, 1.54) is 0 Å². The third kappa shape index (κ3) is 3.50. The van der Waals surface area contributed by atoms with Crippen molar-refractivity contribution >= 4 is 17.8 Å². The van der Waals surface area contributed by atoms with E-state index < -0.39 is 24.1 Å². The van der Waals surface area contributed by atoms with Crippen LogP contribution in [-0.4, -0.2) is 49.7 Å². The average Bonchev–Trinajstić information content (AvgIpc) is 3.03. The molecule has 0 radical (unpaired) electrons. The first-order valence-corrected chi connectivity index (χ1v) is 7.56. The molecule has 122 valence electrons. The number of ketones is 1. The van der Waals surface area contributed by atoms with E-state index in [-0.39, 0.29) is 31.5 Å². The molecule has 0 unspecified atom stereocenters. The van der Waals surface area contributed by atoms with E-state index in [1.54, 1.807) is 24.3 Å². The van der Waals surface area contributed by atoms with Crippen molar-refractivity contribution in [3.63, 3.8) is 0 Å². The number of carbonyl (C=O) groups is 3. The molecule has 2 aliphatic rings. The number of benzene rings is 1. The maximum Gasteiger partial charge on any atom is 0.407 e. The lowest BCUT2D eigenvalue weighted by Crippen LogP contribution is -2.54. The summed E-state index contributed by atoms with van der Waals surface area (Å²) in [5, 5.41) is 5.28. The molecule has 2 aliphatic heterocycles. The molecule has 0 saturated carbocycles. The predicted octanol–water partition coefficient (Wildman–Crippen LogP) is 0.499. The zero-order valence-electron chi connectivity index (χ0n) is 12.5. The molecule has 7 heteroatoms. The van der Waals surface area contributed by atoms with Crippen molar-refractivity contribution in [3.8, 4) is 0 Å². The number of carbonyl (C=O) groups excluding carboxylic acids is 3. The number of Topliss-reactive ketones (excluding diaryl/α,β-unsaturated/α-hetero) is 1. The molecule has 2 fully saturated rings. The lowest BCUT2D eigenvalue weighted by Gasteiger charge is -2.25. The van der Waals surface area contributed by atoms with Crippen molar-refractivity contribution in [3.05, 3.63) is 35.9 Å². The Balaban J connectivity index is 1.64. The van der Waals surface area contributed by atoms with Gasteiger partial charge in [0.05, 0.1) is 31.8 Å². The second-order valence-corrected chi connectivity index (χ2v) is 5.61. The molecule has 0 aliphatic carbocycles. The molecule has 23 heavy (non-hydrogen) atoms. The third-order valence-electron chi connectivity index (χ3n) is 4.05. The summed E-state index contributed by atoms with van der Waals surface area (Å²) in [7, 11) is 0. The number of amides is 2. The van der Waals surface area contributed by atoms with Crippen LogP contribution in [0.15, 0.2) is 30.3 Å². The SMILES string of the molecule is O=C1N[C@H](C(=O)N[C@@H]2COC[C@H]2C(=O)c2ccccc2)CCO1. The van der Waals surface area contributed by atoms with Gasteiger partial charge in [-0.25, -0.2) is 4.79 Å². The smallest absolute Gasteiger partial charge is 0.407 e. The summed E-state index contributed by atoms with van der Waals surface area (Å²) >= 11 is 0. The number of alkyl carbamates (subject to hydrolysis) is 1. The summed E-state index contributed by atoms with van der Waals surface area (Å²) < 4.78 is 10.1. The van der Waals surface area contributed by atoms with Crippen molar-refractivity contribution in [2.75, 3.05) is 19.8 Å². The van der Waals surface area contributed by atoms with E-state index in [1.807, 2.05) is 6.07 Å². The van der Waals surface area contributed by atoms with Gasteiger partial charge < -0.3 is 20.1 Å². The fraction of sp³-hybridized carbons (Fsp3) is 0.438. The minimum atomic E-state index is -0.635. The van der Waals surface area contributed by atoms with E-state index in [2.05, 4.69) is 10.6 Å². The van der Waals surface area contributed by atoms with E-state index >= 15 is 0 Å². The Morgan fingerprint density at radius 1 is 1.17 bits per heavy atom. The lowest BCUT2D eigenvalue weighted by atomic mass is 9.93. The molecule has 7 nitrogen and oxygen atoms in total. The highest BCUT2D eigenvalue weighted by atomic mass is 16.6. The van der Waals surface area contributed by atoms with Crippen molar-refractivity contribution < 1.29 is 23.9 Å². The molecule has 2 amide bonds. The summed E-state index contributed by atoms with van der Waals surface area (Å²) in [4.78, 5) is 36.0. The quantitative estimate of drug-likeness (QED) is 0.789. The minimum absolute atomic E-state index is 0.0515. The number of cyclic esters (lactones) is 1. The van der Waals surface area contributed by atoms with Crippen molar-refractivity contribution in [1.82, 2.24) is 10.6 Å². The van der Waals surface area contributed by atoms with Gasteiger partial charge in [0.25, 0.3) is 0 Å². The van der Waals surface area contributed by atoms with Gasteiger partial charge in [-0.2, -0.15) is 0 Å². The van der Waals surface area contributed by atoms with Crippen LogP contribution in [0.3, 0.4) is 0 Å². The summed E-state index contributed by atoms with van der Waals surface area (Å²) in [6.07, 6.45) is -0.196. The van der Waals surface area contributed by atoms with Crippen LogP contribution in [0.25, 0.3) is 0 Å². The van der Waals surface area contributed by atoms with E-state index in [4.69, 9.17) is 9.47 Å². The monoisotopic (exact) mass is 318 g/mol. The van der Waals surface area contributed by atoms with Crippen LogP contribution >= 0.6 is 0 Å². The van der Waals surface area contributed by atoms with E-state index in [0.717, 1.165) is 0 Å². The highest BCUT2D eigenvalue weighted by Gasteiger charge is 2.37. The van der Waals surface area contributed by atoms with Gasteiger partial charge in [0, 0.05) is 12.0 Å². The van der Waals surface area contributed by atoms with Crippen molar-refractivity contribution in [2.45, 2.75) is 18.5 Å². The van der Waals surface area contributed by atoms with Crippen LogP contribution in [0.2, 0.25) is 0 Å². The summed E-state index contributed by atoms with van der Waals surface area (Å²) in [5.74, 6) is -0.788. The normalized spacial score (nSPS) is 27.0. The molecule has 0 bridgehead atoms. The lowest BCUT2D eigenvalue weighted by molar-refractivity contribution is -0.124. The number of ether oxygens (including phenoxy) is 2. The molecule has 2 saturated heterocycles. The van der Waals surface area contributed by atoms with Gasteiger partial charge in [-0.1, -0.05) is 30.3 Å². The zero-order chi connectivity index (χ0) is 16.2. The Bertz CT molecular complexity index is 604. The summed E-state index contributed by atoms with van der Waals surface area (Å²) in [5.41, 5.74) is 0.599. The Kier molecular flexibility index (Phi) is 4.57. The Labute approximate surface area is 133 Å². The van der Waals surface area contributed by atoms with Gasteiger partial charge >= 0.3 is 6.09 Å². The Hall–Kier alpha value is -2.41. The first-order valence-electron chi connectivity index (χ1n) is 7.56. The summed E-state index contributed by atoms with van der Waals surface area (Å²) in [6.45, 7) is 0.766. The first-order chi connectivity index (χ1) is 11.1. The van der Waals surface area contributed by atoms with E-state index in [9.17, 15) is 14.4 Å². The Morgan fingerprint density at radius 3 is 2.70 bits per heavy atom. The van der Waals surface area contributed by atoms with Crippen LogP contribution in [0.5, 0.6) is 0 Å². The predicted molar refractivity (Wildman–Crippen MR) is 79.9 cm³/mol. The minimum Gasteiger partial charge on any atom is -0.449 e. The van der Waals surface area contributed by atoms with Crippen LogP contribution in [0, 0.1) is 5.92 Å². The molecule has 3 atom stereocenters. The van der Waals surface area contributed by atoms with Gasteiger partial charge in [0.15, 0.2) is 5.78 Å². The van der Waals surface area contributed by atoms with Crippen LogP contribution < -0.4 is 10.6 Å². The van der Waals surface area contributed by atoms with Gasteiger partial charge in [-0.3, -0.25) is 9.59 Å². The van der Waals surface area contributed by atoms with Crippen LogP contribution in [0.1, 0.15) is 16.8 Å². The Morgan fingerprint density at radius 2 is 1.96 bits per heavy atom. The molecule has 0 spiro atoms. The highest BCUT2D eigenvalue weighted by Crippen LogP contribution is 2.19. The third-order valence-corrected chi connectivity index (χ3v) is 4.05. The number of nitrogens with one attached hydrogen (secondary N) is 2. The first kappa shape index (κ1) is 15.5.